The molecule has 0 saturated heterocycles. The first-order chi connectivity index (χ1) is 10.4. The molecule has 0 fully saturated rings. The summed E-state index contributed by atoms with van der Waals surface area (Å²) < 4.78 is 6.24. The molecule has 0 unspecified atom stereocenters. The molecule has 1 heterocycles. The highest BCUT2D eigenvalue weighted by atomic mass is 16.5. The minimum Gasteiger partial charge on any atom is -0.464 e. The number of anilines is 1. The molecular formula is C16H14N4O2. The Morgan fingerprint density at radius 1 is 1.18 bits per heavy atom. The second-order valence-corrected chi connectivity index (χ2v) is 4.84. The standard InChI is InChI=1S/C16H14N4O2/c1-9-4-10(2)13(5-11(9)6-17)20-8-12(7-18)14(19)15(20)16(21)22-3/h4-5,8H,19H2,1-3H3. The molecule has 2 aromatic rings. The summed E-state index contributed by atoms with van der Waals surface area (Å²) in [6.07, 6.45) is 1.47. The Bertz CT molecular complexity index is 850. The van der Waals surface area contributed by atoms with Crippen molar-refractivity contribution in [1.29, 1.82) is 10.5 Å². The van der Waals surface area contributed by atoms with E-state index in [4.69, 9.17) is 15.7 Å². The van der Waals surface area contributed by atoms with Gasteiger partial charge in [-0.2, -0.15) is 10.5 Å². The molecule has 2 N–H and O–H groups in total. The Labute approximate surface area is 127 Å². The van der Waals surface area contributed by atoms with E-state index in [0.29, 0.717) is 11.3 Å². The largest absolute Gasteiger partial charge is 0.464 e. The van der Waals surface area contributed by atoms with Crippen LogP contribution in [0, 0.1) is 36.5 Å². The highest BCUT2D eigenvalue weighted by molar-refractivity contribution is 5.96. The molecule has 0 saturated carbocycles. The number of rotatable bonds is 2. The first-order valence-corrected chi connectivity index (χ1v) is 6.45. The molecule has 0 atom stereocenters. The van der Waals surface area contributed by atoms with Crippen LogP contribution in [0.1, 0.15) is 32.7 Å². The number of nitrogen functional groups attached to an aromatic ring is 1. The summed E-state index contributed by atoms with van der Waals surface area (Å²) in [5, 5.41) is 18.3. The number of benzene rings is 1. The monoisotopic (exact) mass is 294 g/mol. The summed E-state index contributed by atoms with van der Waals surface area (Å²) >= 11 is 0. The third kappa shape index (κ3) is 2.27. The van der Waals surface area contributed by atoms with E-state index >= 15 is 0 Å². The maximum Gasteiger partial charge on any atom is 0.357 e. The molecule has 0 amide bonds. The number of nitrogens with zero attached hydrogens (tertiary/aromatic N) is 3. The number of nitriles is 2. The number of aromatic nitrogens is 1. The van der Waals surface area contributed by atoms with Crippen LogP contribution in [0.5, 0.6) is 0 Å². The van der Waals surface area contributed by atoms with Crippen LogP contribution in [0.4, 0.5) is 5.69 Å². The van der Waals surface area contributed by atoms with Gasteiger partial charge in [0.05, 0.1) is 35.7 Å². The zero-order valence-electron chi connectivity index (χ0n) is 12.5. The van der Waals surface area contributed by atoms with Crippen molar-refractivity contribution in [2.45, 2.75) is 13.8 Å². The summed E-state index contributed by atoms with van der Waals surface area (Å²) in [4.78, 5) is 12.0. The van der Waals surface area contributed by atoms with E-state index in [1.165, 1.54) is 17.9 Å². The van der Waals surface area contributed by atoms with Crippen LogP contribution >= 0.6 is 0 Å². The van der Waals surface area contributed by atoms with Gasteiger partial charge in [-0.3, -0.25) is 0 Å². The molecule has 0 aliphatic heterocycles. The van der Waals surface area contributed by atoms with Gasteiger partial charge in [-0.1, -0.05) is 6.07 Å². The van der Waals surface area contributed by atoms with Gasteiger partial charge >= 0.3 is 5.97 Å². The Morgan fingerprint density at radius 3 is 2.36 bits per heavy atom. The van der Waals surface area contributed by atoms with Crippen molar-refractivity contribution in [2.75, 3.05) is 12.8 Å². The lowest BCUT2D eigenvalue weighted by Crippen LogP contribution is -2.12. The molecule has 22 heavy (non-hydrogen) atoms. The number of esters is 1. The number of carbonyl (C=O) groups is 1. The SMILES string of the molecule is COC(=O)c1c(N)c(C#N)cn1-c1cc(C#N)c(C)cc1C. The lowest BCUT2D eigenvalue weighted by Gasteiger charge is -2.13. The van der Waals surface area contributed by atoms with Gasteiger partial charge < -0.3 is 15.0 Å². The summed E-state index contributed by atoms with van der Waals surface area (Å²) in [6, 6.07) is 7.56. The van der Waals surface area contributed by atoms with Crippen LogP contribution in [-0.4, -0.2) is 17.6 Å². The van der Waals surface area contributed by atoms with Gasteiger partial charge in [0.1, 0.15) is 6.07 Å². The molecule has 0 aliphatic rings. The minimum absolute atomic E-state index is 0.0628. The fourth-order valence-electron chi connectivity index (χ4n) is 2.33. The molecular weight excluding hydrogens is 280 g/mol. The molecule has 0 radical (unpaired) electrons. The highest BCUT2D eigenvalue weighted by Gasteiger charge is 2.22. The lowest BCUT2D eigenvalue weighted by molar-refractivity contribution is 0.0593. The molecule has 1 aromatic carbocycles. The number of ether oxygens (including phenoxy) is 1. The second kappa shape index (κ2) is 5.63. The summed E-state index contributed by atoms with van der Waals surface area (Å²) in [5.41, 5.74) is 8.97. The highest BCUT2D eigenvalue weighted by Crippen LogP contribution is 2.27. The Kier molecular flexibility index (Phi) is 3.87. The molecule has 110 valence electrons. The number of hydrogen-bond donors (Lipinski definition) is 1. The van der Waals surface area contributed by atoms with Crippen molar-refractivity contribution in [1.82, 2.24) is 4.57 Å². The number of hydrogen-bond acceptors (Lipinski definition) is 5. The van der Waals surface area contributed by atoms with Crippen LogP contribution in [-0.2, 0) is 4.74 Å². The molecule has 6 nitrogen and oxygen atoms in total. The smallest absolute Gasteiger partial charge is 0.357 e. The van der Waals surface area contributed by atoms with E-state index in [2.05, 4.69) is 6.07 Å². The van der Waals surface area contributed by atoms with Gasteiger partial charge in [0.15, 0.2) is 5.69 Å². The molecule has 0 bridgehead atoms. The van der Waals surface area contributed by atoms with E-state index in [0.717, 1.165) is 11.1 Å². The van der Waals surface area contributed by atoms with E-state index in [1.54, 1.807) is 6.07 Å². The Hall–Kier alpha value is -3.25. The second-order valence-electron chi connectivity index (χ2n) is 4.84. The molecule has 6 heteroatoms. The van der Waals surface area contributed by atoms with E-state index in [-0.39, 0.29) is 16.9 Å². The molecule has 2 rings (SSSR count). The average Bonchev–Trinajstić information content (AvgIpc) is 2.83. The Balaban J connectivity index is 2.82. The fourth-order valence-corrected chi connectivity index (χ4v) is 2.33. The third-order valence-corrected chi connectivity index (χ3v) is 3.47. The zero-order chi connectivity index (χ0) is 16.4. The Morgan fingerprint density at radius 2 is 1.82 bits per heavy atom. The van der Waals surface area contributed by atoms with E-state index in [1.807, 2.05) is 26.0 Å². The van der Waals surface area contributed by atoms with Crippen molar-refractivity contribution in [3.63, 3.8) is 0 Å². The maximum absolute atomic E-state index is 12.0. The maximum atomic E-state index is 12.0. The summed E-state index contributed by atoms with van der Waals surface area (Å²) in [6.45, 7) is 3.69. The topological polar surface area (TPSA) is 105 Å². The predicted octanol–water partition coefficient (Wildman–Crippen LogP) is 2.21. The summed E-state index contributed by atoms with van der Waals surface area (Å²) in [7, 11) is 1.24. The first kappa shape index (κ1) is 15.1. The number of nitrogens with two attached hydrogens (primary N) is 1. The van der Waals surface area contributed by atoms with Gasteiger partial charge in [-0.25, -0.2) is 4.79 Å². The third-order valence-electron chi connectivity index (χ3n) is 3.47. The minimum atomic E-state index is -0.641. The molecule has 1 aromatic heterocycles. The van der Waals surface area contributed by atoms with Crippen molar-refractivity contribution in [2.24, 2.45) is 0 Å². The van der Waals surface area contributed by atoms with Crippen LogP contribution in [0.3, 0.4) is 0 Å². The van der Waals surface area contributed by atoms with E-state index in [9.17, 15) is 10.1 Å². The molecule has 0 spiro atoms. The fraction of sp³-hybridized carbons (Fsp3) is 0.188. The van der Waals surface area contributed by atoms with Crippen LogP contribution < -0.4 is 5.73 Å². The molecule has 0 aliphatic carbocycles. The van der Waals surface area contributed by atoms with Crippen LogP contribution in [0.15, 0.2) is 18.3 Å². The van der Waals surface area contributed by atoms with Crippen molar-refractivity contribution in [3.8, 4) is 17.8 Å². The predicted molar refractivity (Wildman–Crippen MR) is 80.4 cm³/mol. The van der Waals surface area contributed by atoms with Gasteiger partial charge in [-0.15, -0.1) is 0 Å². The van der Waals surface area contributed by atoms with Crippen LogP contribution in [0.2, 0.25) is 0 Å². The lowest BCUT2D eigenvalue weighted by atomic mass is 10.0. The average molecular weight is 294 g/mol. The summed E-state index contributed by atoms with van der Waals surface area (Å²) in [5.74, 6) is -0.641. The first-order valence-electron chi connectivity index (χ1n) is 6.45. The van der Waals surface area contributed by atoms with Gasteiger partial charge in [0, 0.05) is 6.20 Å². The zero-order valence-corrected chi connectivity index (χ0v) is 12.5. The van der Waals surface area contributed by atoms with Crippen molar-refractivity contribution >= 4 is 11.7 Å². The normalized spacial score (nSPS) is 9.86. The van der Waals surface area contributed by atoms with Crippen molar-refractivity contribution in [3.05, 3.63) is 46.3 Å². The van der Waals surface area contributed by atoms with Gasteiger partial charge in [0.2, 0.25) is 0 Å². The van der Waals surface area contributed by atoms with E-state index < -0.39 is 5.97 Å². The number of carbonyl (C=O) groups excluding carboxylic acids is 1. The van der Waals surface area contributed by atoms with Crippen molar-refractivity contribution < 1.29 is 9.53 Å². The number of aryl methyl sites for hydroxylation is 2. The van der Waals surface area contributed by atoms with Gasteiger partial charge in [-0.05, 0) is 31.0 Å². The number of methoxy groups -OCH3 is 1. The quantitative estimate of drug-likeness (QED) is 0.855. The van der Waals surface area contributed by atoms with Crippen LogP contribution in [0.25, 0.3) is 5.69 Å². The van der Waals surface area contributed by atoms with Gasteiger partial charge in [0.25, 0.3) is 0 Å².